The number of methoxy groups -OCH3 is 1. The fourth-order valence-electron chi connectivity index (χ4n) is 3.70. The quantitative estimate of drug-likeness (QED) is 0.583. The lowest BCUT2D eigenvalue weighted by atomic mass is 10.0. The normalized spacial score (nSPS) is 13.9. The topological polar surface area (TPSA) is 75.7 Å². The zero-order chi connectivity index (χ0) is 22.7. The molecule has 0 saturated carbocycles. The molecule has 1 heterocycles. The molecular formula is C24H23ClN2O4S. The minimum absolute atomic E-state index is 0.142. The van der Waals surface area contributed by atoms with Gasteiger partial charge in [-0.25, -0.2) is 8.42 Å². The molecule has 6 nitrogen and oxygen atoms in total. The number of fused-ring (bicyclic) bond motifs is 1. The van der Waals surface area contributed by atoms with Gasteiger partial charge < -0.3 is 10.1 Å². The van der Waals surface area contributed by atoms with Crippen LogP contribution in [0.2, 0.25) is 5.02 Å². The molecule has 3 aromatic carbocycles. The van der Waals surface area contributed by atoms with E-state index >= 15 is 0 Å². The van der Waals surface area contributed by atoms with Crippen LogP contribution < -0.4 is 10.1 Å². The summed E-state index contributed by atoms with van der Waals surface area (Å²) in [7, 11) is -2.03. The molecule has 0 atom stereocenters. The maximum absolute atomic E-state index is 13.0. The SMILES string of the molecule is COc1ccc(CC(=O)Nc2ccc3c(c2)CN(S(=O)(=O)c2ccc(Cl)cc2)CC3)cc1. The van der Waals surface area contributed by atoms with Crippen molar-refractivity contribution < 1.29 is 17.9 Å². The predicted octanol–water partition coefficient (Wildman–Crippen LogP) is 4.28. The van der Waals surface area contributed by atoms with Crippen LogP contribution in [0.3, 0.4) is 0 Å². The summed E-state index contributed by atoms with van der Waals surface area (Å²) < 4.78 is 32.6. The minimum atomic E-state index is -3.63. The molecule has 0 fully saturated rings. The maximum Gasteiger partial charge on any atom is 0.243 e. The first-order valence-electron chi connectivity index (χ1n) is 10.2. The Hall–Kier alpha value is -2.87. The zero-order valence-electron chi connectivity index (χ0n) is 17.5. The van der Waals surface area contributed by atoms with Crippen molar-refractivity contribution in [2.45, 2.75) is 24.3 Å². The van der Waals surface area contributed by atoms with Crippen molar-refractivity contribution in [2.24, 2.45) is 0 Å². The van der Waals surface area contributed by atoms with E-state index in [-0.39, 0.29) is 23.8 Å². The van der Waals surface area contributed by atoms with E-state index in [1.54, 1.807) is 19.2 Å². The molecule has 3 aromatic rings. The van der Waals surface area contributed by atoms with Crippen LogP contribution >= 0.6 is 11.6 Å². The number of sulfonamides is 1. The third-order valence-electron chi connectivity index (χ3n) is 5.44. The van der Waals surface area contributed by atoms with Gasteiger partial charge in [-0.05, 0) is 71.6 Å². The molecule has 1 aliphatic rings. The van der Waals surface area contributed by atoms with Crippen LogP contribution in [0.15, 0.2) is 71.6 Å². The maximum atomic E-state index is 13.0. The molecule has 1 N–H and O–H groups in total. The summed E-state index contributed by atoms with van der Waals surface area (Å²) in [5.41, 5.74) is 3.49. The molecule has 0 saturated heterocycles. The van der Waals surface area contributed by atoms with Gasteiger partial charge in [0.1, 0.15) is 5.75 Å². The third kappa shape index (κ3) is 4.96. The lowest BCUT2D eigenvalue weighted by molar-refractivity contribution is -0.115. The van der Waals surface area contributed by atoms with Crippen molar-refractivity contribution in [3.63, 3.8) is 0 Å². The van der Waals surface area contributed by atoms with E-state index in [4.69, 9.17) is 16.3 Å². The summed E-state index contributed by atoms with van der Waals surface area (Å²) >= 11 is 5.89. The lowest BCUT2D eigenvalue weighted by Gasteiger charge is -2.28. The molecule has 0 spiro atoms. The zero-order valence-corrected chi connectivity index (χ0v) is 19.1. The van der Waals surface area contributed by atoms with Crippen LogP contribution in [0.25, 0.3) is 0 Å². The molecule has 0 bridgehead atoms. The summed E-state index contributed by atoms with van der Waals surface area (Å²) in [5, 5.41) is 3.40. The Morgan fingerprint density at radius 1 is 1.03 bits per heavy atom. The van der Waals surface area contributed by atoms with Crippen molar-refractivity contribution in [3.05, 3.63) is 88.4 Å². The predicted molar refractivity (Wildman–Crippen MR) is 125 cm³/mol. The highest BCUT2D eigenvalue weighted by molar-refractivity contribution is 7.89. The number of carbonyl (C=O) groups is 1. The number of rotatable bonds is 6. The van der Waals surface area contributed by atoms with Gasteiger partial charge in [-0.2, -0.15) is 4.31 Å². The van der Waals surface area contributed by atoms with E-state index < -0.39 is 10.0 Å². The number of ether oxygens (including phenoxy) is 1. The summed E-state index contributed by atoms with van der Waals surface area (Å²) in [4.78, 5) is 12.7. The van der Waals surface area contributed by atoms with Gasteiger partial charge in [-0.15, -0.1) is 0 Å². The number of amides is 1. The number of benzene rings is 3. The van der Waals surface area contributed by atoms with E-state index in [9.17, 15) is 13.2 Å². The van der Waals surface area contributed by atoms with Gasteiger partial charge in [0.15, 0.2) is 0 Å². The van der Waals surface area contributed by atoms with Crippen molar-refractivity contribution in [1.29, 1.82) is 0 Å². The standard InChI is InChI=1S/C24H23ClN2O4S/c1-31-22-8-2-17(3-9-22)14-24(28)26-21-7-4-18-12-13-27(16-19(18)15-21)32(29,30)23-10-5-20(25)6-11-23/h2-11,15H,12-14,16H2,1H3,(H,26,28). The second-order valence-electron chi connectivity index (χ2n) is 7.60. The Morgan fingerprint density at radius 3 is 2.44 bits per heavy atom. The molecule has 32 heavy (non-hydrogen) atoms. The highest BCUT2D eigenvalue weighted by Crippen LogP contribution is 2.27. The molecule has 4 rings (SSSR count). The molecule has 8 heteroatoms. The molecule has 0 aromatic heterocycles. The highest BCUT2D eigenvalue weighted by atomic mass is 35.5. The largest absolute Gasteiger partial charge is 0.497 e. The summed E-state index contributed by atoms with van der Waals surface area (Å²) in [6, 6.07) is 19.2. The molecule has 1 aliphatic heterocycles. The van der Waals surface area contributed by atoms with Crippen LogP contribution in [0, 0.1) is 0 Å². The molecule has 0 aliphatic carbocycles. The summed E-state index contributed by atoms with van der Waals surface area (Å²) in [6.45, 7) is 0.656. The van der Waals surface area contributed by atoms with E-state index in [1.165, 1.54) is 16.4 Å². The third-order valence-corrected chi connectivity index (χ3v) is 7.55. The van der Waals surface area contributed by atoms with E-state index in [0.29, 0.717) is 23.7 Å². The molecule has 166 valence electrons. The van der Waals surface area contributed by atoms with Crippen molar-refractivity contribution in [1.82, 2.24) is 4.31 Å². The first-order chi connectivity index (χ1) is 15.3. The number of hydrogen-bond donors (Lipinski definition) is 1. The van der Waals surface area contributed by atoms with Gasteiger partial charge >= 0.3 is 0 Å². The number of anilines is 1. The Balaban J connectivity index is 1.46. The second kappa shape index (κ2) is 9.32. The fraction of sp³-hybridized carbons (Fsp3) is 0.208. The van der Waals surface area contributed by atoms with Gasteiger partial charge in [0, 0.05) is 23.8 Å². The van der Waals surface area contributed by atoms with Crippen LogP contribution in [-0.4, -0.2) is 32.3 Å². The van der Waals surface area contributed by atoms with Crippen molar-refractivity contribution >= 4 is 33.2 Å². The van der Waals surface area contributed by atoms with E-state index in [2.05, 4.69) is 5.32 Å². The van der Waals surface area contributed by atoms with Crippen LogP contribution in [0.4, 0.5) is 5.69 Å². The van der Waals surface area contributed by atoms with Crippen molar-refractivity contribution in [3.8, 4) is 5.75 Å². The average Bonchev–Trinajstić information content (AvgIpc) is 2.79. The Kier molecular flexibility index (Phi) is 6.50. The number of nitrogens with one attached hydrogen (secondary N) is 1. The van der Waals surface area contributed by atoms with Gasteiger partial charge in [-0.3, -0.25) is 4.79 Å². The Bertz CT molecular complexity index is 1230. The van der Waals surface area contributed by atoms with Gasteiger partial charge in [-0.1, -0.05) is 29.8 Å². The number of halogens is 1. The summed E-state index contributed by atoms with van der Waals surface area (Å²) in [6.07, 6.45) is 0.848. The molecule has 0 unspecified atom stereocenters. The fourth-order valence-corrected chi connectivity index (χ4v) is 5.25. The first kappa shape index (κ1) is 22.3. The van der Waals surface area contributed by atoms with E-state index in [0.717, 1.165) is 22.4 Å². The average molecular weight is 471 g/mol. The highest BCUT2D eigenvalue weighted by Gasteiger charge is 2.28. The smallest absolute Gasteiger partial charge is 0.243 e. The van der Waals surface area contributed by atoms with Crippen molar-refractivity contribution in [2.75, 3.05) is 19.0 Å². The number of nitrogens with zero attached hydrogens (tertiary/aromatic N) is 1. The minimum Gasteiger partial charge on any atom is -0.497 e. The van der Waals surface area contributed by atoms with Gasteiger partial charge in [0.05, 0.1) is 18.4 Å². The van der Waals surface area contributed by atoms with Gasteiger partial charge in [0.2, 0.25) is 15.9 Å². The van der Waals surface area contributed by atoms with E-state index in [1.807, 2.05) is 42.5 Å². The second-order valence-corrected chi connectivity index (χ2v) is 9.97. The Labute approximate surface area is 192 Å². The van der Waals surface area contributed by atoms with Crippen LogP contribution in [0.5, 0.6) is 5.75 Å². The monoisotopic (exact) mass is 470 g/mol. The number of hydrogen-bond acceptors (Lipinski definition) is 4. The Morgan fingerprint density at radius 2 is 1.75 bits per heavy atom. The number of carbonyl (C=O) groups excluding carboxylic acids is 1. The van der Waals surface area contributed by atoms with Crippen LogP contribution in [0.1, 0.15) is 16.7 Å². The molecule has 1 amide bonds. The first-order valence-corrected chi connectivity index (χ1v) is 12.0. The lowest BCUT2D eigenvalue weighted by Crippen LogP contribution is -2.36. The van der Waals surface area contributed by atoms with Gasteiger partial charge in [0.25, 0.3) is 0 Å². The van der Waals surface area contributed by atoms with Crippen LogP contribution in [-0.2, 0) is 34.2 Å². The molecule has 0 radical (unpaired) electrons. The summed E-state index contributed by atoms with van der Waals surface area (Å²) in [5.74, 6) is 0.596. The molecular weight excluding hydrogens is 448 g/mol.